The summed E-state index contributed by atoms with van der Waals surface area (Å²) in [5.74, 6) is -1.39. The molecule has 0 aromatic heterocycles. The lowest BCUT2D eigenvalue weighted by Crippen LogP contribution is -2.20. The molecule has 0 bridgehead atoms. The Kier molecular flexibility index (Phi) is 4.41. The molecule has 2 amide bonds. The Bertz CT molecular complexity index is 1020. The molecule has 26 heavy (non-hydrogen) atoms. The van der Waals surface area contributed by atoms with Gasteiger partial charge in [-0.1, -0.05) is 0 Å². The van der Waals surface area contributed by atoms with Crippen LogP contribution in [0.5, 0.6) is 0 Å². The minimum atomic E-state index is -4.03. The van der Waals surface area contributed by atoms with Gasteiger partial charge in [-0.05, 0) is 42.0 Å². The van der Waals surface area contributed by atoms with Crippen molar-refractivity contribution < 1.29 is 22.4 Å². The van der Waals surface area contributed by atoms with Gasteiger partial charge in [0.1, 0.15) is 5.82 Å². The summed E-state index contributed by atoms with van der Waals surface area (Å²) in [5.41, 5.74) is 1.61. The highest BCUT2D eigenvalue weighted by molar-refractivity contribution is 7.92. The predicted octanol–water partition coefficient (Wildman–Crippen LogP) is 2.10. The first-order chi connectivity index (χ1) is 12.2. The zero-order valence-corrected chi connectivity index (χ0v) is 14.9. The van der Waals surface area contributed by atoms with Crippen molar-refractivity contribution in [3.05, 3.63) is 47.8 Å². The van der Waals surface area contributed by atoms with Crippen molar-refractivity contribution in [3.63, 3.8) is 0 Å². The van der Waals surface area contributed by atoms with Gasteiger partial charge in [0.15, 0.2) is 0 Å². The van der Waals surface area contributed by atoms with Gasteiger partial charge in [-0.2, -0.15) is 0 Å². The Labute approximate surface area is 149 Å². The van der Waals surface area contributed by atoms with Gasteiger partial charge in [-0.15, -0.1) is 0 Å². The number of halogens is 1. The van der Waals surface area contributed by atoms with Crippen LogP contribution in [0.3, 0.4) is 0 Å². The number of benzene rings is 2. The second-order valence-electron chi connectivity index (χ2n) is 5.90. The SMILES string of the molecule is CC(=O)Nc1ccc(S(=O)(=O)Nc2ccc3c(c2)CC(=O)N3C)cc1F. The first-order valence-corrected chi connectivity index (χ1v) is 9.15. The number of rotatable bonds is 4. The van der Waals surface area contributed by atoms with Crippen LogP contribution in [0.25, 0.3) is 0 Å². The number of nitrogens with zero attached hydrogens (tertiary/aromatic N) is 1. The van der Waals surface area contributed by atoms with Gasteiger partial charge >= 0.3 is 0 Å². The number of carbonyl (C=O) groups is 2. The number of amides is 2. The molecule has 136 valence electrons. The molecule has 0 aliphatic carbocycles. The van der Waals surface area contributed by atoms with E-state index in [1.165, 1.54) is 30.0 Å². The third-order valence-corrected chi connectivity index (χ3v) is 5.35. The molecule has 0 spiro atoms. The van der Waals surface area contributed by atoms with E-state index in [4.69, 9.17) is 0 Å². The van der Waals surface area contributed by atoms with Crippen molar-refractivity contribution in [2.24, 2.45) is 0 Å². The summed E-state index contributed by atoms with van der Waals surface area (Å²) in [4.78, 5) is 23.9. The molecule has 1 heterocycles. The molecular weight excluding hydrogens is 361 g/mol. The number of anilines is 3. The lowest BCUT2D eigenvalue weighted by molar-refractivity contribution is -0.117. The molecule has 3 rings (SSSR count). The molecule has 7 nitrogen and oxygen atoms in total. The van der Waals surface area contributed by atoms with Gasteiger partial charge in [-0.3, -0.25) is 14.3 Å². The number of fused-ring (bicyclic) bond motifs is 1. The summed E-state index contributed by atoms with van der Waals surface area (Å²) in [5, 5.41) is 2.27. The topological polar surface area (TPSA) is 95.6 Å². The average molecular weight is 377 g/mol. The van der Waals surface area contributed by atoms with Crippen LogP contribution in [0.1, 0.15) is 12.5 Å². The van der Waals surface area contributed by atoms with E-state index in [-0.39, 0.29) is 28.6 Å². The summed E-state index contributed by atoms with van der Waals surface area (Å²) in [6.07, 6.45) is 0.196. The number of nitrogens with one attached hydrogen (secondary N) is 2. The number of carbonyl (C=O) groups excluding carboxylic acids is 2. The highest BCUT2D eigenvalue weighted by atomic mass is 32.2. The van der Waals surface area contributed by atoms with Crippen LogP contribution in [0.15, 0.2) is 41.3 Å². The maximum Gasteiger partial charge on any atom is 0.261 e. The highest BCUT2D eigenvalue weighted by Crippen LogP contribution is 2.31. The fourth-order valence-corrected chi connectivity index (χ4v) is 3.76. The molecule has 1 aliphatic heterocycles. The molecule has 9 heteroatoms. The Morgan fingerprint density at radius 1 is 1.19 bits per heavy atom. The van der Waals surface area contributed by atoms with Crippen molar-refractivity contribution in [2.75, 3.05) is 22.0 Å². The van der Waals surface area contributed by atoms with Gasteiger partial charge in [0, 0.05) is 25.3 Å². The van der Waals surface area contributed by atoms with Gasteiger partial charge in [0.05, 0.1) is 17.0 Å². The van der Waals surface area contributed by atoms with E-state index in [9.17, 15) is 22.4 Å². The lowest BCUT2D eigenvalue weighted by Gasteiger charge is -2.12. The summed E-state index contributed by atoms with van der Waals surface area (Å²) in [6.45, 7) is 1.22. The summed E-state index contributed by atoms with van der Waals surface area (Å²) >= 11 is 0. The van der Waals surface area contributed by atoms with Crippen LogP contribution in [-0.2, 0) is 26.0 Å². The van der Waals surface area contributed by atoms with E-state index < -0.39 is 21.7 Å². The van der Waals surface area contributed by atoms with Gasteiger partial charge in [0.2, 0.25) is 11.8 Å². The van der Waals surface area contributed by atoms with Gasteiger partial charge in [-0.25, -0.2) is 12.8 Å². The largest absolute Gasteiger partial charge is 0.324 e. The van der Waals surface area contributed by atoms with Gasteiger partial charge in [0.25, 0.3) is 10.0 Å². The second kappa shape index (κ2) is 6.41. The minimum absolute atomic E-state index is 0.0735. The van der Waals surface area contributed by atoms with Crippen molar-refractivity contribution in [1.29, 1.82) is 0 Å². The zero-order valence-electron chi connectivity index (χ0n) is 14.0. The van der Waals surface area contributed by atoms with Crippen molar-refractivity contribution in [2.45, 2.75) is 18.2 Å². The first-order valence-electron chi connectivity index (χ1n) is 7.67. The molecule has 0 atom stereocenters. The molecule has 0 fully saturated rings. The van der Waals surface area contributed by atoms with E-state index >= 15 is 0 Å². The van der Waals surface area contributed by atoms with Crippen LogP contribution in [-0.4, -0.2) is 27.3 Å². The maximum absolute atomic E-state index is 14.0. The van der Waals surface area contributed by atoms with Crippen molar-refractivity contribution in [1.82, 2.24) is 0 Å². The van der Waals surface area contributed by atoms with E-state index in [0.717, 1.165) is 11.8 Å². The maximum atomic E-state index is 14.0. The van der Waals surface area contributed by atoms with Crippen LogP contribution < -0.4 is 14.9 Å². The summed E-state index contributed by atoms with van der Waals surface area (Å²) < 4.78 is 41.3. The number of hydrogen-bond acceptors (Lipinski definition) is 4. The quantitative estimate of drug-likeness (QED) is 0.853. The Morgan fingerprint density at radius 3 is 2.58 bits per heavy atom. The second-order valence-corrected chi connectivity index (χ2v) is 7.58. The molecule has 2 aromatic rings. The van der Waals surface area contributed by atoms with Crippen LogP contribution >= 0.6 is 0 Å². The Balaban J connectivity index is 1.86. The standard InChI is InChI=1S/C17H16FN3O4S/c1-10(22)19-15-5-4-13(9-14(15)18)26(24,25)20-12-3-6-16-11(7-12)8-17(23)21(16)2/h3-7,9,20H,8H2,1-2H3,(H,19,22). The number of sulfonamides is 1. The van der Waals surface area contributed by atoms with Gasteiger partial charge < -0.3 is 10.2 Å². The van der Waals surface area contributed by atoms with Crippen LogP contribution in [0.4, 0.5) is 21.5 Å². The van der Waals surface area contributed by atoms with Crippen molar-refractivity contribution in [3.8, 4) is 0 Å². The Morgan fingerprint density at radius 2 is 1.92 bits per heavy atom. The third kappa shape index (κ3) is 3.38. The van der Waals surface area contributed by atoms with Crippen LogP contribution in [0.2, 0.25) is 0 Å². The van der Waals surface area contributed by atoms with Crippen molar-refractivity contribution >= 4 is 38.9 Å². The number of likely N-dealkylation sites (N-methyl/N-ethyl adjacent to an activating group) is 1. The third-order valence-electron chi connectivity index (χ3n) is 3.97. The molecule has 2 aromatic carbocycles. The normalized spacial score (nSPS) is 13.5. The lowest BCUT2D eigenvalue weighted by atomic mass is 10.1. The Hall–Kier alpha value is -2.94. The van der Waals surface area contributed by atoms with E-state index in [1.807, 2.05) is 0 Å². The number of hydrogen-bond donors (Lipinski definition) is 2. The molecule has 2 N–H and O–H groups in total. The smallest absolute Gasteiger partial charge is 0.261 e. The molecule has 1 aliphatic rings. The minimum Gasteiger partial charge on any atom is -0.324 e. The monoisotopic (exact) mass is 377 g/mol. The molecule has 0 saturated carbocycles. The summed E-state index contributed by atoms with van der Waals surface area (Å²) in [7, 11) is -2.38. The average Bonchev–Trinajstić information content (AvgIpc) is 2.82. The zero-order chi connectivity index (χ0) is 19.1. The fourth-order valence-electron chi connectivity index (χ4n) is 2.70. The molecule has 0 saturated heterocycles. The molecule has 0 unspecified atom stereocenters. The molecular formula is C17H16FN3O4S. The highest BCUT2D eigenvalue weighted by Gasteiger charge is 2.25. The summed E-state index contributed by atoms with van der Waals surface area (Å²) in [6, 6.07) is 7.98. The van der Waals surface area contributed by atoms with E-state index in [0.29, 0.717) is 5.56 Å². The predicted molar refractivity (Wildman–Crippen MR) is 95.1 cm³/mol. The van der Waals surface area contributed by atoms with E-state index in [2.05, 4.69) is 10.0 Å². The van der Waals surface area contributed by atoms with E-state index in [1.54, 1.807) is 19.2 Å². The first kappa shape index (κ1) is 17.9. The molecule has 0 radical (unpaired) electrons. The fraction of sp³-hybridized carbons (Fsp3) is 0.176. The van der Waals surface area contributed by atoms with Crippen LogP contribution in [0, 0.1) is 5.82 Å².